The van der Waals surface area contributed by atoms with E-state index in [-0.39, 0.29) is 30.6 Å². The summed E-state index contributed by atoms with van der Waals surface area (Å²) in [5, 5.41) is 4.45. The Bertz CT molecular complexity index is 721. The SMILES string of the molecule is CCN(C(=O)C[C@@H]1Sc2ccccc2NC1=O)[C@@H]1CC(=O)NC1=O. The van der Waals surface area contributed by atoms with Crippen molar-refractivity contribution in [3.63, 3.8) is 0 Å². The Morgan fingerprint density at radius 1 is 1.21 bits per heavy atom. The van der Waals surface area contributed by atoms with Gasteiger partial charge in [0.15, 0.2) is 0 Å². The first-order valence-corrected chi connectivity index (χ1v) is 8.57. The van der Waals surface area contributed by atoms with Gasteiger partial charge in [-0.05, 0) is 19.1 Å². The van der Waals surface area contributed by atoms with E-state index in [0.29, 0.717) is 6.54 Å². The molecule has 2 heterocycles. The molecule has 0 saturated carbocycles. The van der Waals surface area contributed by atoms with Gasteiger partial charge in [-0.2, -0.15) is 0 Å². The first kappa shape index (κ1) is 16.5. The third-order valence-electron chi connectivity index (χ3n) is 4.05. The second-order valence-corrected chi connectivity index (χ2v) is 6.85. The number of imide groups is 1. The van der Waals surface area contributed by atoms with Crippen molar-refractivity contribution in [3.8, 4) is 0 Å². The molecule has 8 heteroatoms. The minimum atomic E-state index is -0.779. The largest absolute Gasteiger partial charge is 0.330 e. The number of anilines is 1. The van der Waals surface area contributed by atoms with E-state index in [0.717, 1.165) is 10.6 Å². The number of amides is 4. The topological polar surface area (TPSA) is 95.6 Å². The van der Waals surface area contributed by atoms with Crippen molar-refractivity contribution in [1.29, 1.82) is 0 Å². The lowest BCUT2D eigenvalue weighted by Gasteiger charge is -2.28. The van der Waals surface area contributed by atoms with Gasteiger partial charge in [0.05, 0.1) is 17.4 Å². The number of hydrogen-bond donors (Lipinski definition) is 2. The fraction of sp³-hybridized carbons (Fsp3) is 0.375. The Hall–Kier alpha value is -2.35. The molecule has 1 saturated heterocycles. The van der Waals surface area contributed by atoms with Gasteiger partial charge in [-0.25, -0.2) is 0 Å². The van der Waals surface area contributed by atoms with Crippen molar-refractivity contribution in [2.45, 2.75) is 36.0 Å². The molecule has 0 aliphatic carbocycles. The lowest BCUT2D eigenvalue weighted by atomic mass is 10.1. The molecule has 1 aromatic rings. The number of carbonyl (C=O) groups is 4. The van der Waals surface area contributed by atoms with Crippen LogP contribution >= 0.6 is 11.8 Å². The minimum Gasteiger partial charge on any atom is -0.330 e. The molecule has 2 aliphatic rings. The van der Waals surface area contributed by atoms with Gasteiger partial charge in [-0.3, -0.25) is 24.5 Å². The van der Waals surface area contributed by atoms with Crippen molar-refractivity contribution in [1.82, 2.24) is 10.2 Å². The Morgan fingerprint density at radius 3 is 2.62 bits per heavy atom. The number of rotatable bonds is 4. The smallest absolute Gasteiger partial charge is 0.249 e. The lowest BCUT2D eigenvalue weighted by Crippen LogP contribution is -2.46. The minimum absolute atomic E-state index is 0.0172. The molecule has 0 aromatic heterocycles. The molecule has 0 bridgehead atoms. The van der Waals surface area contributed by atoms with E-state index < -0.39 is 17.2 Å². The highest BCUT2D eigenvalue weighted by molar-refractivity contribution is 8.01. The molecule has 4 amide bonds. The molecule has 2 atom stereocenters. The second kappa shape index (κ2) is 6.64. The van der Waals surface area contributed by atoms with E-state index in [2.05, 4.69) is 10.6 Å². The molecule has 1 fully saturated rings. The van der Waals surface area contributed by atoms with Crippen molar-refractivity contribution < 1.29 is 19.2 Å². The molecule has 0 radical (unpaired) electrons. The van der Waals surface area contributed by atoms with E-state index in [1.54, 1.807) is 6.92 Å². The number of nitrogens with one attached hydrogen (secondary N) is 2. The second-order valence-electron chi connectivity index (χ2n) is 5.61. The lowest BCUT2D eigenvalue weighted by molar-refractivity contribution is -0.139. The average Bonchev–Trinajstić information content (AvgIpc) is 2.87. The van der Waals surface area contributed by atoms with Crippen LogP contribution in [-0.2, 0) is 19.2 Å². The maximum Gasteiger partial charge on any atom is 0.249 e. The number of para-hydroxylation sites is 1. The molecule has 126 valence electrons. The molecular weight excluding hydrogens is 330 g/mol. The van der Waals surface area contributed by atoms with E-state index in [1.165, 1.54) is 16.7 Å². The Balaban J connectivity index is 1.71. The quantitative estimate of drug-likeness (QED) is 0.784. The van der Waals surface area contributed by atoms with Crippen LogP contribution in [0.1, 0.15) is 19.8 Å². The summed E-state index contributed by atoms with van der Waals surface area (Å²) in [5.74, 6) is -1.37. The first-order valence-electron chi connectivity index (χ1n) is 7.69. The van der Waals surface area contributed by atoms with Crippen LogP contribution in [0.3, 0.4) is 0 Å². The van der Waals surface area contributed by atoms with Gasteiger partial charge in [0.1, 0.15) is 6.04 Å². The van der Waals surface area contributed by atoms with E-state index in [1.807, 2.05) is 24.3 Å². The Kier molecular flexibility index (Phi) is 4.57. The van der Waals surface area contributed by atoms with Crippen LogP contribution in [0.4, 0.5) is 5.69 Å². The number of likely N-dealkylation sites (N-methyl/N-ethyl adjacent to an activating group) is 1. The highest BCUT2D eigenvalue weighted by atomic mass is 32.2. The maximum absolute atomic E-state index is 12.6. The van der Waals surface area contributed by atoms with Crippen molar-refractivity contribution in [2.24, 2.45) is 0 Å². The molecule has 24 heavy (non-hydrogen) atoms. The zero-order chi connectivity index (χ0) is 17.3. The number of thioether (sulfide) groups is 1. The highest BCUT2D eigenvalue weighted by Gasteiger charge is 2.38. The van der Waals surface area contributed by atoms with Crippen LogP contribution < -0.4 is 10.6 Å². The zero-order valence-electron chi connectivity index (χ0n) is 13.1. The Morgan fingerprint density at radius 2 is 1.96 bits per heavy atom. The molecule has 0 spiro atoms. The summed E-state index contributed by atoms with van der Waals surface area (Å²) < 4.78 is 0. The third kappa shape index (κ3) is 3.14. The van der Waals surface area contributed by atoms with E-state index in [4.69, 9.17) is 0 Å². The third-order valence-corrected chi connectivity index (χ3v) is 5.32. The summed E-state index contributed by atoms with van der Waals surface area (Å²) in [6, 6.07) is 6.62. The molecular formula is C16H17N3O4S. The summed E-state index contributed by atoms with van der Waals surface area (Å²) in [6.45, 7) is 2.05. The van der Waals surface area contributed by atoms with Gasteiger partial charge in [-0.15, -0.1) is 11.8 Å². The molecule has 2 aliphatic heterocycles. The normalized spacial score (nSPS) is 22.6. The summed E-state index contributed by atoms with van der Waals surface area (Å²) in [6.07, 6.45) is -0.0398. The van der Waals surface area contributed by atoms with Crippen LogP contribution in [0.2, 0.25) is 0 Å². The van der Waals surface area contributed by atoms with Crippen molar-refractivity contribution >= 4 is 41.1 Å². The average molecular weight is 347 g/mol. The monoisotopic (exact) mass is 347 g/mol. The summed E-state index contributed by atoms with van der Waals surface area (Å²) in [5.41, 5.74) is 0.740. The van der Waals surface area contributed by atoms with Crippen molar-refractivity contribution in [2.75, 3.05) is 11.9 Å². The fourth-order valence-corrected chi connectivity index (χ4v) is 3.97. The van der Waals surface area contributed by atoms with E-state index in [9.17, 15) is 19.2 Å². The van der Waals surface area contributed by atoms with Crippen LogP contribution in [0, 0.1) is 0 Å². The number of hydrogen-bond acceptors (Lipinski definition) is 5. The van der Waals surface area contributed by atoms with Crippen LogP contribution in [-0.4, -0.2) is 46.4 Å². The van der Waals surface area contributed by atoms with Crippen LogP contribution in [0.5, 0.6) is 0 Å². The fourth-order valence-electron chi connectivity index (χ4n) is 2.87. The van der Waals surface area contributed by atoms with Crippen molar-refractivity contribution in [3.05, 3.63) is 24.3 Å². The number of benzene rings is 1. The van der Waals surface area contributed by atoms with Gasteiger partial charge in [0, 0.05) is 17.9 Å². The zero-order valence-corrected chi connectivity index (χ0v) is 13.9. The number of nitrogens with zero attached hydrogens (tertiary/aromatic N) is 1. The maximum atomic E-state index is 12.6. The molecule has 3 rings (SSSR count). The van der Waals surface area contributed by atoms with Crippen LogP contribution in [0.25, 0.3) is 0 Å². The standard InChI is InChI=1S/C16H17N3O4S/c1-2-19(10-7-13(20)18-15(10)22)14(21)8-12-16(23)17-9-5-3-4-6-11(9)24-12/h3-6,10,12H,2,7-8H2,1H3,(H,17,23)(H,18,20,22)/t10-,12+/m1/s1. The molecule has 2 N–H and O–H groups in total. The van der Waals surface area contributed by atoms with Gasteiger partial charge < -0.3 is 10.2 Å². The predicted octanol–water partition coefficient (Wildman–Crippen LogP) is 0.753. The van der Waals surface area contributed by atoms with E-state index >= 15 is 0 Å². The van der Waals surface area contributed by atoms with Gasteiger partial charge in [0.2, 0.25) is 23.6 Å². The molecule has 1 aromatic carbocycles. The Labute approximate surface area is 143 Å². The van der Waals surface area contributed by atoms with Crippen LogP contribution in [0.15, 0.2) is 29.2 Å². The van der Waals surface area contributed by atoms with Gasteiger partial charge in [-0.1, -0.05) is 12.1 Å². The van der Waals surface area contributed by atoms with Gasteiger partial charge in [0.25, 0.3) is 0 Å². The predicted molar refractivity (Wildman–Crippen MR) is 88.3 cm³/mol. The summed E-state index contributed by atoms with van der Waals surface area (Å²) in [7, 11) is 0. The van der Waals surface area contributed by atoms with Gasteiger partial charge >= 0.3 is 0 Å². The number of fused-ring (bicyclic) bond motifs is 1. The number of carbonyl (C=O) groups excluding carboxylic acids is 4. The summed E-state index contributed by atoms with van der Waals surface area (Å²) in [4.78, 5) is 50.2. The molecule has 7 nitrogen and oxygen atoms in total. The molecule has 0 unspecified atom stereocenters. The highest BCUT2D eigenvalue weighted by Crippen LogP contribution is 2.36. The summed E-state index contributed by atoms with van der Waals surface area (Å²) >= 11 is 1.34. The first-order chi connectivity index (χ1) is 11.5.